The van der Waals surface area contributed by atoms with Crippen molar-refractivity contribution in [1.29, 1.82) is 0 Å². The maximum absolute atomic E-state index is 4.90. The summed E-state index contributed by atoms with van der Waals surface area (Å²) in [5.74, 6) is 0. The van der Waals surface area contributed by atoms with Gasteiger partial charge in [-0.15, -0.1) is 11.3 Å². The fourth-order valence-electron chi connectivity index (χ4n) is 0.636. The molecule has 1 aromatic rings. The van der Waals surface area contributed by atoms with Crippen molar-refractivity contribution in [3.05, 3.63) is 11.1 Å². The molecule has 3 nitrogen and oxygen atoms in total. The minimum absolute atomic E-state index is 0.595. The molecule has 56 valence electrons. The molecule has 0 atom stereocenters. The Morgan fingerprint density at radius 2 is 2.60 bits per heavy atom. The van der Waals surface area contributed by atoms with Crippen LogP contribution in [0, 0.1) is 0 Å². The third-order valence-corrected chi connectivity index (χ3v) is 1.97. The van der Waals surface area contributed by atoms with E-state index in [1.165, 1.54) is 0 Å². The summed E-state index contributed by atoms with van der Waals surface area (Å²) in [7, 11) is 3.52. The Bertz CT molecular complexity index is 199. The molecule has 0 aliphatic heterocycles. The van der Waals surface area contributed by atoms with E-state index in [0.29, 0.717) is 6.61 Å². The van der Waals surface area contributed by atoms with Gasteiger partial charge in [-0.3, -0.25) is 0 Å². The van der Waals surface area contributed by atoms with E-state index >= 15 is 0 Å². The smallest absolute Gasteiger partial charge is 0.182 e. The Labute approximate surface area is 64.0 Å². The second-order valence-corrected chi connectivity index (χ2v) is 2.69. The molecule has 0 unspecified atom stereocenters. The number of methoxy groups -OCH3 is 1. The molecule has 0 saturated carbocycles. The first-order valence-electron chi connectivity index (χ1n) is 2.98. The molecule has 1 heterocycles. The van der Waals surface area contributed by atoms with Gasteiger partial charge in [0.1, 0.15) is 0 Å². The Morgan fingerprint density at radius 1 is 1.80 bits per heavy atom. The molecule has 0 aliphatic carbocycles. The fraction of sp³-hybridized carbons (Fsp3) is 0.500. The van der Waals surface area contributed by atoms with Crippen LogP contribution in [0.4, 0.5) is 5.13 Å². The van der Waals surface area contributed by atoms with Gasteiger partial charge in [-0.25, -0.2) is 4.98 Å². The first kappa shape index (κ1) is 7.50. The van der Waals surface area contributed by atoms with Crippen molar-refractivity contribution >= 4 is 16.5 Å². The Kier molecular flexibility index (Phi) is 2.65. The summed E-state index contributed by atoms with van der Waals surface area (Å²) in [5.41, 5.74) is 0.983. The third-order valence-electron chi connectivity index (χ3n) is 1.06. The number of rotatable bonds is 3. The van der Waals surface area contributed by atoms with Crippen LogP contribution in [0.3, 0.4) is 0 Å². The van der Waals surface area contributed by atoms with Crippen LogP contribution in [0.5, 0.6) is 0 Å². The number of thiazole rings is 1. The lowest BCUT2D eigenvalue weighted by Gasteiger charge is -1.90. The van der Waals surface area contributed by atoms with Gasteiger partial charge in [-0.2, -0.15) is 0 Å². The highest BCUT2D eigenvalue weighted by Crippen LogP contribution is 2.14. The number of nitrogens with zero attached hydrogens (tertiary/aromatic N) is 1. The van der Waals surface area contributed by atoms with Crippen LogP contribution in [-0.4, -0.2) is 19.1 Å². The van der Waals surface area contributed by atoms with Crippen molar-refractivity contribution < 1.29 is 4.74 Å². The van der Waals surface area contributed by atoms with Gasteiger partial charge < -0.3 is 10.1 Å². The third kappa shape index (κ3) is 1.68. The number of hydrogen-bond acceptors (Lipinski definition) is 4. The molecular weight excluding hydrogens is 148 g/mol. The Hall–Kier alpha value is -0.610. The summed E-state index contributed by atoms with van der Waals surface area (Å²) < 4.78 is 4.90. The number of nitrogens with one attached hydrogen (secondary N) is 1. The maximum Gasteiger partial charge on any atom is 0.182 e. The van der Waals surface area contributed by atoms with E-state index in [0.717, 1.165) is 10.8 Å². The van der Waals surface area contributed by atoms with E-state index in [2.05, 4.69) is 10.3 Å². The van der Waals surface area contributed by atoms with E-state index in [4.69, 9.17) is 4.74 Å². The van der Waals surface area contributed by atoms with Gasteiger partial charge in [-0.05, 0) is 0 Å². The van der Waals surface area contributed by atoms with Gasteiger partial charge in [0.25, 0.3) is 0 Å². The molecule has 0 amide bonds. The first-order valence-corrected chi connectivity index (χ1v) is 3.86. The van der Waals surface area contributed by atoms with E-state index in [1.807, 2.05) is 12.4 Å². The van der Waals surface area contributed by atoms with Crippen molar-refractivity contribution in [1.82, 2.24) is 4.98 Å². The van der Waals surface area contributed by atoms with E-state index in [9.17, 15) is 0 Å². The molecule has 1 N–H and O–H groups in total. The highest BCUT2D eigenvalue weighted by atomic mass is 32.1. The summed E-state index contributed by atoms with van der Waals surface area (Å²) in [4.78, 5) is 4.20. The molecule has 10 heavy (non-hydrogen) atoms. The molecule has 0 radical (unpaired) electrons. The highest BCUT2D eigenvalue weighted by Gasteiger charge is 1.97. The van der Waals surface area contributed by atoms with Crippen molar-refractivity contribution in [2.24, 2.45) is 0 Å². The monoisotopic (exact) mass is 158 g/mol. The second kappa shape index (κ2) is 3.53. The molecule has 4 heteroatoms. The SMILES string of the molecule is CNc1nc(COC)cs1. The molecule has 1 aromatic heterocycles. The van der Waals surface area contributed by atoms with Crippen LogP contribution in [0.15, 0.2) is 5.38 Å². The zero-order valence-electron chi connectivity index (χ0n) is 6.05. The standard InChI is InChI=1S/C6H10N2OS/c1-7-6-8-5(3-9-2)4-10-6/h4H,3H2,1-2H3,(H,7,8). The zero-order chi connectivity index (χ0) is 7.40. The molecule has 0 aromatic carbocycles. The first-order chi connectivity index (χ1) is 4.86. The number of hydrogen-bond donors (Lipinski definition) is 1. The Balaban J connectivity index is 2.59. The summed E-state index contributed by atoms with van der Waals surface area (Å²) in [5, 5.41) is 5.88. The van der Waals surface area contributed by atoms with Gasteiger partial charge in [0.05, 0.1) is 12.3 Å². The molecule has 1 rings (SSSR count). The second-order valence-electron chi connectivity index (χ2n) is 1.83. The van der Waals surface area contributed by atoms with E-state index in [-0.39, 0.29) is 0 Å². The van der Waals surface area contributed by atoms with Crippen LogP contribution in [0.25, 0.3) is 0 Å². The molecule has 0 aliphatic rings. The van der Waals surface area contributed by atoms with Gasteiger partial charge in [-0.1, -0.05) is 0 Å². The average molecular weight is 158 g/mol. The molecule has 0 spiro atoms. The van der Waals surface area contributed by atoms with Crippen molar-refractivity contribution in [2.45, 2.75) is 6.61 Å². The van der Waals surface area contributed by atoms with Crippen LogP contribution in [-0.2, 0) is 11.3 Å². The number of ether oxygens (including phenoxy) is 1. The van der Waals surface area contributed by atoms with Crippen molar-refractivity contribution in [3.8, 4) is 0 Å². The average Bonchev–Trinajstić information content (AvgIpc) is 2.37. The van der Waals surface area contributed by atoms with Crippen molar-refractivity contribution in [2.75, 3.05) is 19.5 Å². The number of aromatic nitrogens is 1. The zero-order valence-corrected chi connectivity index (χ0v) is 6.86. The molecule has 0 bridgehead atoms. The summed E-state index contributed by atoms with van der Waals surface area (Å²) in [6.07, 6.45) is 0. The lowest BCUT2D eigenvalue weighted by atomic mass is 10.5. The van der Waals surface area contributed by atoms with E-state index < -0.39 is 0 Å². The van der Waals surface area contributed by atoms with Crippen LogP contribution in [0.2, 0.25) is 0 Å². The van der Waals surface area contributed by atoms with Crippen molar-refractivity contribution in [3.63, 3.8) is 0 Å². The van der Waals surface area contributed by atoms with Gasteiger partial charge in [0, 0.05) is 19.5 Å². The fourth-order valence-corrected chi connectivity index (χ4v) is 1.29. The molecular formula is C6H10N2OS. The Morgan fingerprint density at radius 3 is 3.10 bits per heavy atom. The van der Waals surface area contributed by atoms with Gasteiger partial charge in [0.15, 0.2) is 5.13 Å². The number of anilines is 1. The highest BCUT2D eigenvalue weighted by molar-refractivity contribution is 7.13. The molecule has 0 fully saturated rings. The minimum atomic E-state index is 0.595. The maximum atomic E-state index is 4.90. The predicted molar refractivity (Wildman–Crippen MR) is 42.4 cm³/mol. The van der Waals surface area contributed by atoms with Crippen LogP contribution >= 0.6 is 11.3 Å². The normalized spacial score (nSPS) is 9.80. The van der Waals surface area contributed by atoms with E-state index in [1.54, 1.807) is 18.4 Å². The summed E-state index contributed by atoms with van der Waals surface area (Å²) >= 11 is 1.59. The van der Waals surface area contributed by atoms with Crippen LogP contribution < -0.4 is 5.32 Å². The molecule has 0 saturated heterocycles. The van der Waals surface area contributed by atoms with Gasteiger partial charge in [0.2, 0.25) is 0 Å². The minimum Gasteiger partial charge on any atom is -0.378 e. The lowest BCUT2D eigenvalue weighted by molar-refractivity contribution is 0.182. The topological polar surface area (TPSA) is 34.2 Å². The predicted octanol–water partition coefficient (Wildman–Crippen LogP) is 1.33. The summed E-state index contributed by atoms with van der Waals surface area (Å²) in [6.45, 7) is 0.595. The lowest BCUT2D eigenvalue weighted by Crippen LogP contribution is -1.89. The quantitative estimate of drug-likeness (QED) is 0.720. The van der Waals surface area contributed by atoms with Gasteiger partial charge >= 0.3 is 0 Å². The summed E-state index contributed by atoms with van der Waals surface area (Å²) in [6, 6.07) is 0. The largest absolute Gasteiger partial charge is 0.378 e. The van der Waals surface area contributed by atoms with Crippen LogP contribution in [0.1, 0.15) is 5.69 Å².